The third kappa shape index (κ3) is 4.36. The van der Waals surface area contributed by atoms with Gasteiger partial charge in [-0.15, -0.1) is 0 Å². The Morgan fingerprint density at radius 2 is 2.19 bits per heavy atom. The lowest BCUT2D eigenvalue weighted by Gasteiger charge is -2.11. The molecule has 0 spiro atoms. The Labute approximate surface area is 124 Å². The van der Waals surface area contributed by atoms with Crippen molar-refractivity contribution in [1.82, 2.24) is 4.72 Å². The van der Waals surface area contributed by atoms with Gasteiger partial charge >= 0.3 is 5.97 Å². The summed E-state index contributed by atoms with van der Waals surface area (Å²) in [4.78, 5) is 20.3. The number of halogens is 1. The molecule has 1 rings (SSSR count). The number of ether oxygens (including phenoxy) is 1. The number of benzene rings is 1. The third-order valence-electron chi connectivity index (χ3n) is 2.36. The average molecular weight is 339 g/mol. The summed E-state index contributed by atoms with van der Waals surface area (Å²) >= 11 is 5.69. The molecule has 0 radical (unpaired) electrons. The van der Waals surface area contributed by atoms with Gasteiger partial charge in [-0.05, 0) is 6.07 Å². The zero-order chi connectivity index (χ0) is 16.2. The molecular weight excluding hydrogens is 328 g/mol. The maximum atomic E-state index is 11.9. The summed E-state index contributed by atoms with van der Waals surface area (Å²) in [6, 6.07) is 2.80. The van der Waals surface area contributed by atoms with Crippen LogP contribution in [0, 0.1) is 10.1 Å². The number of esters is 1. The normalized spacial score (nSPS) is 12.7. The van der Waals surface area contributed by atoms with Crippen molar-refractivity contribution in [1.29, 1.82) is 0 Å². The molecule has 1 unspecified atom stereocenters. The van der Waals surface area contributed by atoms with E-state index in [4.69, 9.17) is 11.6 Å². The van der Waals surface area contributed by atoms with Gasteiger partial charge < -0.3 is 9.84 Å². The van der Waals surface area contributed by atoms with Crippen molar-refractivity contribution in [3.8, 4) is 0 Å². The van der Waals surface area contributed by atoms with Gasteiger partial charge in [-0.1, -0.05) is 11.6 Å². The number of methoxy groups -OCH3 is 1. The Balaban J connectivity index is 2.93. The zero-order valence-corrected chi connectivity index (χ0v) is 12.2. The first-order chi connectivity index (χ1) is 9.69. The number of hydrogen-bond acceptors (Lipinski definition) is 7. The van der Waals surface area contributed by atoms with Crippen molar-refractivity contribution < 1.29 is 28.0 Å². The molecule has 21 heavy (non-hydrogen) atoms. The van der Waals surface area contributed by atoms with Gasteiger partial charge in [-0.2, -0.15) is 0 Å². The predicted octanol–water partition coefficient (Wildman–Crippen LogP) is 0.0604. The van der Waals surface area contributed by atoms with Crippen molar-refractivity contribution in [2.24, 2.45) is 0 Å². The molecule has 0 aliphatic rings. The number of sulfonamides is 1. The highest BCUT2D eigenvalue weighted by atomic mass is 35.5. The number of carbonyl (C=O) groups is 1. The van der Waals surface area contributed by atoms with E-state index in [0.29, 0.717) is 0 Å². The average Bonchev–Trinajstić information content (AvgIpc) is 2.43. The first-order valence-electron chi connectivity index (χ1n) is 5.38. The van der Waals surface area contributed by atoms with E-state index in [2.05, 4.69) is 4.74 Å². The van der Waals surface area contributed by atoms with Crippen LogP contribution < -0.4 is 4.72 Å². The molecular formula is C10H11ClN2O7S. The van der Waals surface area contributed by atoms with Gasteiger partial charge in [0.15, 0.2) is 6.10 Å². The molecule has 9 nitrogen and oxygen atoms in total. The molecule has 1 atom stereocenters. The van der Waals surface area contributed by atoms with Crippen LogP contribution in [0.2, 0.25) is 5.02 Å². The second-order valence-electron chi connectivity index (χ2n) is 3.76. The van der Waals surface area contributed by atoms with Crippen LogP contribution in [0.5, 0.6) is 0 Å². The van der Waals surface area contributed by atoms with Crippen LogP contribution in [0.15, 0.2) is 23.1 Å². The Hall–Kier alpha value is -1.75. The number of carbonyl (C=O) groups excluding carboxylic acids is 1. The van der Waals surface area contributed by atoms with Gasteiger partial charge in [0.25, 0.3) is 5.69 Å². The van der Waals surface area contributed by atoms with Crippen LogP contribution in [0.1, 0.15) is 0 Å². The molecule has 0 aromatic heterocycles. The summed E-state index contributed by atoms with van der Waals surface area (Å²) in [7, 11) is -3.11. The highest BCUT2D eigenvalue weighted by Crippen LogP contribution is 2.25. The van der Waals surface area contributed by atoms with Gasteiger partial charge in [0.05, 0.1) is 17.1 Å². The van der Waals surface area contributed by atoms with E-state index >= 15 is 0 Å². The van der Waals surface area contributed by atoms with Gasteiger partial charge in [-0.25, -0.2) is 17.9 Å². The zero-order valence-electron chi connectivity index (χ0n) is 10.6. The number of hydrogen-bond donors (Lipinski definition) is 2. The molecule has 1 aromatic rings. The van der Waals surface area contributed by atoms with E-state index in [1.165, 1.54) is 0 Å². The van der Waals surface area contributed by atoms with Crippen LogP contribution in [0.4, 0.5) is 5.69 Å². The van der Waals surface area contributed by atoms with Gasteiger partial charge in [0, 0.05) is 18.7 Å². The lowest BCUT2D eigenvalue weighted by atomic mass is 10.3. The summed E-state index contributed by atoms with van der Waals surface area (Å²) < 4.78 is 30.0. The maximum Gasteiger partial charge on any atom is 0.336 e. The van der Waals surface area contributed by atoms with Gasteiger partial charge in [0.2, 0.25) is 10.0 Å². The van der Waals surface area contributed by atoms with Gasteiger partial charge in [-0.3, -0.25) is 10.1 Å². The quantitative estimate of drug-likeness (QED) is 0.425. The van der Waals surface area contributed by atoms with E-state index in [1.807, 2.05) is 4.72 Å². The Kier molecular flexibility index (Phi) is 5.61. The second kappa shape index (κ2) is 6.80. The molecule has 0 heterocycles. The lowest BCUT2D eigenvalue weighted by molar-refractivity contribution is -0.384. The molecule has 0 bridgehead atoms. The Bertz CT molecular complexity index is 661. The number of aliphatic hydroxyl groups is 1. The minimum absolute atomic E-state index is 0.357. The standard InChI is InChI=1S/C10H11ClN2O7S/c1-20-10(15)8(14)5-12-21(18,19)9-3-2-6(13(16)17)4-7(9)11/h2-4,8,12,14H,5H2,1H3. The number of rotatable bonds is 6. The fourth-order valence-electron chi connectivity index (χ4n) is 1.31. The summed E-state index contributed by atoms with van der Waals surface area (Å²) in [6.07, 6.45) is -1.68. The first kappa shape index (κ1) is 17.3. The number of nitrogens with zero attached hydrogens (tertiary/aromatic N) is 1. The predicted molar refractivity (Wildman–Crippen MR) is 71.3 cm³/mol. The smallest absolute Gasteiger partial charge is 0.336 e. The number of nitrogens with one attached hydrogen (secondary N) is 1. The second-order valence-corrected chi connectivity index (χ2v) is 5.91. The van der Waals surface area contributed by atoms with E-state index in [9.17, 15) is 28.4 Å². The van der Waals surface area contributed by atoms with Crippen molar-refractivity contribution in [3.05, 3.63) is 33.3 Å². The Morgan fingerprint density at radius 1 is 1.57 bits per heavy atom. The highest BCUT2D eigenvalue weighted by molar-refractivity contribution is 7.89. The summed E-state index contributed by atoms with van der Waals surface area (Å²) in [5.41, 5.74) is -0.367. The summed E-state index contributed by atoms with van der Waals surface area (Å²) in [5, 5.41) is 19.5. The fraction of sp³-hybridized carbons (Fsp3) is 0.300. The minimum Gasteiger partial charge on any atom is -0.467 e. The number of nitro groups is 1. The third-order valence-corrected chi connectivity index (χ3v) is 4.26. The van der Waals surface area contributed by atoms with Crippen LogP contribution >= 0.6 is 11.6 Å². The summed E-state index contributed by atoms with van der Waals surface area (Å²) in [6.45, 7) is -0.623. The monoisotopic (exact) mass is 338 g/mol. The van der Waals surface area contributed by atoms with Crippen LogP contribution in [0.3, 0.4) is 0 Å². The number of non-ortho nitro benzene ring substituents is 1. The summed E-state index contributed by atoms with van der Waals surface area (Å²) in [5.74, 6) is -1.01. The van der Waals surface area contributed by atoms with E-state index < -0.39 is 38.5 Å². The SMILES string of the molecule is COC(=O)C(O)CNS(=O)(=O)c1ccc([N+](=O)[O-])cc1Cl. The molecule has 0 saturated carbocycles. The molecule has 0 fully saturated rings. The van der Waals surface area contributed by atoms with Crippen LogP contribution in [-0.2, 0) is 19.6 Å². The molecule has 116 valence electrons. The fourth-order valence-corrected chi connectivity index (χ4v) is 2.88. The molecule has 1 aromatic carbocycles. The number of aliphatic hydroxyl groups excluding tert-OH is 1. The molecule has 0 saturated heterocycles. The largest absolute Gasteiger partial charge is 0.467 e. The van der Waals surface area contributed by atoms with E-state index in [1.54, 1.807) is 0 Å². The van der Waals surface area contributed by atoms with E-state index in [0.717, 1.165) is 25.3 Å². The highest BCUT2D eigenvalue weighted by Gasteiger charge is 2.23. The van der Waals surface area contributed by atoms with Crippen LogP contribution in [-0.4, -0.2) is 44.2 Å². The molecule has 2 N–H and O–H groups in total. The molecule has 0 aliphatic carbocycles. The molecule has 0 amide bonds. The topological polar surface area (TPSA) is 136 Å². The van der Waals surface area contributed by atoms with Crippen molar-refractivity contribution >= 4 is 33.3 Å². The van der Waals surface area contributed by atoms with Crippen LogP contribution in [0.25, 0.3) is 0 Å². The number of nitro benzene ring substituents is 1. The van der Waals surface area contributed by atoms with Crippen molar-refractivity contribution in [2.75, 3.05) is 13.7 Å². The van der Waals surface area contributed by atoms with Crippen molar-refractivity contribution in [2.45, 2.75) is 11.0 Å². The first-order valence-corrected chi connectivity index (χ1v) is 7.24. The molecule has 0 aliphatic heterocycles. The van der Waals surface area contributed by atoms with Crippen molar-refractivity contribution in [3.63, 3.8) is 0 Å². The van der Waals surface area contributed by atoms with Gasteiger partial charge in [0.1, 0.15) is 4.90 Å². The van der Waals surface area contributed by atoms with E-state index in [-0.39, 0.29) is 10.7 Å². The molecule has 11 heteroatoms. The lowest BCUT2D eigenvalue weighted by Crippen LogP contribution is -2.37. The maximum absolute atomic E-state index is 11.9. The minimum atomic E-state index is -4.14. The Morgan fingerprint density at radius 3 is 2.67 bits per heavy atom.